The van der Waals surface area contributed by atoms with E-state index in [4.69, 9.17) is 5.73 Å². The maximum Gasteiger partial charge on any atom is 0.417 e. The van der Waals surface area contributed by atoms with Crippen molar-refractivity contribution in [1.82, 2.24) is 9.55 Å². The monoisotopic (exact) mass is 466 g/mol. The fourth-order valence-electron chi connectivity index (χ4n) is 3.24. The Labute approximate surface area is 189 Å². The van der Waals surface area contributed by atoms with E-state index in [1.807, 2.05) is 20.8 Å². The number of anilines is 2. The molecule has 1 heterocycles. The van der Waals surface area contributed by atoms with Gasteiger partial charge in [0.1, 0.15) is 5.82 Å². The lowest BCUT2D eigenvalue weighted by atomic mass is 10.0. The number of H-pyrrole nitrogens is 1. The smallest absolute Gasteiger partial charge is 0.383 e. The number of hydrogen-bond donors (Lipinski definition) is 2. The summed E-state index contributed by atoms with van der Waals surface area (Å²) in [4.78, 5) is 41.1. The highest BCUT2D eigenvalue weighted by atomic mass is 19.4. The van der Waals surface area contributed by atoms with Crippen molar-refractivity contribution in [2.24, 2.45) is 5.92 Å². The maximum atomic E-state index is 13.8. The fourth-order valence-corrected chi connectivity index (χ4v) is 3.24. The van der Waals surface area contributed by atoms with Crippen LogP contribution in [-0.4, -0.2) is 28.2 Å². The van der Waals surface area contributed by atoms with Crippen molar-refractivity contribution in [2.45, 2.75) is 52.8 Å². The molecule has 10 heteroatoms. The van der Waals surface area contributed by atoms with Crippen LogP contribution in [0.4, 0.5) is 24.7 Å². The molecule has 0 bridgehead atoms. The van der Waals surface area contributed by atoms with Crippen LogP contribution in [0.5, 0.6) is 0 Å². The van der Waals surface area contributed by atoms with Crippen LogP contribution >= 0.6 is 0 Å². The molecule has 7 nitrogen and oxygen atoms in total. The molecule has 1 aromatic carbocycles. The van der Waals surface area contributed by atoms with Crippen molar-refractivity contribution in [3.63, 3.8) is 0 Å². The summed E-state index contributed by atoms with van der Waals surface area (Å²) in [7, 11) is 0. The summed E-state index contributed by atoms with van der Waals surface area (Å²) in [6.45, 7) is 5.80. The summed E-state index contributed by atoms with van der Waals surface area (Å²) in [6.07, 6.45) is -2.61. The molecule has 0 fully saturated rings. The summed E-state index contributed by atoms with van der Waals surface area (Å²) in [5, 5.41) is 0. The van der Waals surface area contributed by atoms with Gasteiger partial charge in [0, 0.05) is 19.2 Å². The van der Waals surface area contributed by atoms with Crippen LogP contribution in [0, 0.1) is 5.92 Å². The van der Waals surface area contributed by atoms with Crippen LogP contribution in [0.2, 0.25) is 0 Å². The van der Waals surface area contributed by atoms with Gasteiger partial charge in [-0.1, -0.05) is 57.5 Å². The number of unbranched alkanes of at least 4 members (excludes halogenated alkanes) is 1. The van der Waals surface area contributed by atoms with E-state index in [0.717, 1.165) is 15.9 Å². The predicted molar refractivity (Wildman–Crippen MR) is 123 cm³/mol. The van der Waals surface area contributed by atoms with Crippen LogP contribution < -0.4 is 21.9 Å². The number of benzene rings is 1. The molecule has 0 saturated heterocycles. The van der Waals surface area contributed by atoms with Gasteiger partial charge in [-0.3, -0.25) is 19.1 Å². The van der Waals surface area contributed by atoms with E-state index in [0.29, 0.717) is 18.9 Å². The Morgan fingerprint density at radius 3 is 2.39 bits per heavy atom. The number of nitrogen functional groups attached to an aromatic ring is 1. The number of aromatic amines is 1. The van der Waals surface area contributed by atoms with Crippen molar-refractivity contribution in [1.29, 1.82) is 0 Å². The number of carbonyl (C=O) groups is 1. The largest absolute Gasteiger partial charge is 0.417 e. The Hall–Kier alpha value is -3.30. The Balaban J connectivity index is 2.66. The number of alkyl halides is 3. The van der Waals surface area contributed by atoms with E-state index < -0.39 is 28.9 Å². The molecule has 1 aromatic heterocycles. The predicted octanol–water partition coefficient (Wildman–Crippen LogP) is 3.94. The number of hydrogen-bond acceptors (Lipinski definition) is 4. The molecular formula is C23H29F3N4O3. The van der Waals surface area contributed by atoms with E-state index in [1.165, 1.54) is 24.3 Å². The van der Waals surface area contributed by atoms with Crippen LogP contribution in [0.3, 0.4) is 0 Å². The highest BCUT2D eigenvalue weighted by molar-refractivity contribution is 6.07. The minimum absolute atomic E-state index is 0.0494. The van der Waals surface area contributed by atoms with Crippen molar-refractivity contribution < 1.29 is 18.0 Å². The molecule has 3 N–H and O–H groups in total. The summed E-state index contributed by atoms with van der Waals surface area (Å²) in [5.74, 6) is -1.22. The average molecular weight is 467 g/mol. The zero-order valence-electron chi connectivity index (χ0n) is 18.9. The number of rotatable bonds is 9. The highest BCUT2D eigenvalue weighted by Crippen LogP contribution is 2.34. The molecule has 0 atom stereocenters. The minimum atomic E-state index is -4.81. The SMILES string of the molecule is CCCCn1c(N)c(N(CCC(C)C)C(=O)/C=C(/c2ccccc2)C(F)(F)F)c(=O)[nH]c1=O. The number of allylic oxidation sites excluding steroid dienone is 1. The van der Waals surface area contributed by atoms with E-state index >= 15 is 0 Å². The van der Waals surface area contributed by atoms with Crippen LogP contribution in [0.1, 0.15) is 45.6 Å². The van der Waals surface area contributed by atoms with E-state index in [2.05, 4.69) is 4.98 Å². The summed E-state index contributed by atoms with van der Waals surface area (Å²) in [6, 6.07) is 6.92. The summed E-state index contributed by atoms with van der Waals surface area (Å²) in [5.41, 5.74) is 2.79. The number of aromatic nitrogens is 2. The van der Waals surface area contributed by atoms with Crippen LogP contribution in [0.25, 0.3) is 5.57 Å². The van der Waals surface area contributed by atoms with Gasteiger partial charge in [-0.15, -0.1) is 0 Å². The number of nitrogens with zero attached hydrogens (tertiary/aromatic N) is 2. The summed E-state index contributed by atoms with van der Waals surface area (Å²) < 4.78 is 42.5. The number of amides is 1. The van der Waals surface area contributed by atoms with Crippen molar-refractivity contribution in [3.05, 3.63) is 62.8 Å². The second-order valence-corrected chi connectivity index (χ2v) is 8.09. The van der Waals surface area contributed by atoms with E-state index in [-0.39, 0.29) is 36.1 Å². The zero-order valence-corrected chi connectivity index (χ0v) is 18.9. The number of halogens is 3. The average Bonchev–Trinajstić information content (AvgIpc) is 2.73. The first-order valence-electron chi connectivity index (χ1n) is 10.8. The lowest BCUT2D eigenvalue weighted by Crippen LogP contribution is -2.41. The third-order valence-electron chi connectivity index (χ3n) is 5.07. The first kappa shape index (κ1) is 26.0. The maximum absolute atomic E-state index is 13.8. The van der Waals surface area contributed by atoms with Gasteiger partial charge < -0.3 is 10.6 Å². The number of nitrogens with one attached hydrogen (secondary N) is 1. The van der Waals surface area contributed by atoms with Crippen LogP contribution in [-0.2, 0) is 11.3 Å². The van der Waals surface area contributed by atoms with Gasteiger partial charge in [-0.25, -0.2) is 4.79 Å². The number of carbonyl (C=O) groups excluding carboxylic acids is 1. The molecule has 1 amide bonds. The fraction of sp³-hybridized carbons (Fsp3) is 0.435. The number of nitrogens with two attached hydrogens (primary N) is 1. The highest BCUT2D eigenvalue weighted by Gasteiger charge is 2.36. The van der Waals surface area contributed by atoms with Crippen molar-refractivity contribution in [3.8, 4) is 0 Å². The summed E-state index contributed by atoms with van der Waals surface area (Å²) >= 11 is 0. The molecule has 2 aromatic rings. The Bertz CT molecular complexity index is 1100. The Morgan fingerprint density at radius 2 is 1.85 bits per heavy atom. The van der Waals surface area contributed by atoms with E-state index in [9.17, 15) is 27.6 Å². The first-order chi connectivity index (χ1) is 15.5. The van der Waals surface area contributed by atoms with Crippen molar-refractivity contribution in [2.75, 3.05) is 17.2 Å². The molecule has 0 spiro atoms. The Morgan fingerprint density at radius 1 is 1.21 bits per heavy atom. The van der Waals surface area contributed by atoms with Gasteiger partial charge in [0.25, 0.3) is 11.5 Å². The zero-order chi connectivity index (χ0) is 24.8. The first-order valence-corrected chi connectivity index (χ1v) is 10.8. The normalized spacial score (nSPS) is 12.3. The standard InChI is InChI=1S/C23H29F3N4O3/c1-4-5-12-30-20(27)19(21(32)28-22(30)33)29(13-11-15(2)3)18(31)14-17(23(24,25)26)16-9-7-6-8-10-16/h6-10,14-15H,4-5,11-13,27H2,1-3H3,(H,28,32,33)/b17-14-. The molecule has 0 aliphatic rings. The molecule has 0 saturated carbocycles. The van der Waals surface area contributed by atoms with Gasteiger partial charge >= 0.3 is 11.9 Å². The Kier molecular flexibility index (Phi) is 8.67. The second-order valence-electron chi connectivity index (χ2n) is 8.09. The molecule has 33 heavy (non-hydrogen) atoms. The van der Waals surface area contributed by atoms with E-state index in [1.54, 1.807) is 6.07 Å². The molecule has 0 aliphatic carbocycles. The third-order valence-corrected chi connectivity index (χ3v) is 5.07. The van der Waals surface area contributed by atoms with Gasteiger partial charge in [0.15, 0.2) is 5.69 Å². The quantitative estimate of drug-likeness (QED) is 0.547. The van der Waals surface area contributed by atoms with Gasteiger partial charge in [-0.05, 0) is 24.3 Å². The minimum Gasteiger partial charge on any atom is -0.383 e. The molecule has 2 rings (SSSR count). The molecule has 0 radical (unpaired) electrons. The molecule has 0 aliphatic heterocycles. The lowest BCUT2D eigenvalue weighted by Gasteiger charge is -2.25. The van der Waals surface area contributed by atoms with Gasteiger partial charge in [-0.2, -0.15) is 13.2 Å². The molecule has 180 valence electrons. The third kappa shape index (κ3) is 6.59. The molecular weight excluding hydrogens is 437 g/mol. The van der Waals surface area contributed by atoms with Crippen LogP contribution in [0.15, 0.2) is 46.0 Å². The topological polar surface area (TPSA) is 101 Å². The lowest BCUT2D eigenvalue weighted by molar-refractivity contribution is -0.114. The van der Waals surface area contributed by atoms with Gasteiger partial charge in [0.05, 0.1) is 5.57 Å². The second kappa shape index (κ2) is 11.0. The van der Waals surface area contributed by atoms with Crippen molar-refractivity contribution >= 4 is 23.0 Å². The van der Waals surface area contributed by atoms with Gasteiger partial charge in [0.2, 0.25) is 0 Å². The molecule has 0 unspecified atom stereocenters.